The second-order valence-corrected chi connectivity index (χ2v) is 33.2. The van der Waals surface area contributed by atoms with Crippen molar-refractivity contribution < 1.29 is 184 Å². The van der Waals surface area contributed by atoms with Crippen LogP contribution < -0.4 is 85.1 Å². The summed E-state index contributed by atoms with van der Waals surface area (Å²) in [5.41, 5.74) is -1.27. The smallest absolute Gasteiger partial charge is 0.408 e. The summed E-state index contributed by atoms with van der Waals surface area (Å²) in [4.78, 5) is 304. The standard InChI is InChI=1S/C84H130N16O38/c1-47(2)40-57(98-76(122)58(41-48-14-10-9-11-15-48)95-63(105)43-90-82(132)138-84(6,7)8)73(119)88-42-62(104)85-31-13-12-16-49(71(117)87-33-35-134-37-39-136-46-65(107)92-52(75(121)97-56(80(129)130)23-30-69(114)115)19-26-61(103)94-54(78(125)126)21-28-67(110)111)99-81(131)100-50(72(118)89-44-70(116)137-83(3,4)5)17-24-59(101)86-32-34-133-36-38-135-45-64(106)91-51(74(120)96-55(79(127)128)22-29-68(112)113)18-25-60(102)93-53(77(123)124)20-27-66(108)109/h9-11,14-15,47,49-58H,12-13,16-46H2,1-8H3,(H,85,104)(H,86,101)(H,87,117)(H,88,119)(H,89,118)(H,90,132)(H,91,106)(H,92,107)(H,93,102)(H,94,103)(H,95,105)(H,96,120)(H,97,121)(H,98,122)(H,108,109)(H,110,111)(H,112,113)(H,114,115)(H,123,124)(H,125,126)(H,127,128)(H,129,130)(H2,99,100,131). The van der Waals surface area contributed by atoms with Crippen LogP contribution in [0.4, 0.5) is 9.59 Å². The molecule has 24 N–H and O–H groups in total. The number of rotatable bonds is 72. The number of carboxylic acids is 8. The van der Waals surface area contributed by atoms with Crippen LogP contribution in [0.5, 0.6) is 0 Å². The first kappa shape index (κ1) is 122. The number of alkyl carbamates (subject to hydrolysis) is 1. The van der Waals surface area contributed by atoms with Crippen LogP contribution in [0.3, 0.4) is 0 Å². The highest BCUT2D eigenvalue weighted by Crippen LogP contribution is 2.14. The summed E-state index contributed by atoms with van der Waals surface area (Å²) in [6, 6.07) is -8.53. The van der Waals surface area contributed by atoms with Crippen LogP contribution in [0, 0.1) is 5.92 Å². The molecule has 0 aromatic heterocycles. The second kappa shape index (κ2) is 66.4. The number of unbranched alkanes of at least 4 members (excludes halogenated alkanes) is 1. The maximum absolute atomic E-state index is 14.0. The Labute approximate surface area is 792 Å². The van der Waals surface area contributed by atoms with E-state index in [4.69, 9.17) is 48.8 Å². The molecule has 16 amide bonds. The normalized spacial score (nSPS) is 13.3. The number of amides is 16. The molecule has 0 saturated heterocycles. The van der Waals surface area contributed by atoms with Crippen molar-refractivity contribution >= 4 is 143 Å². The van der Waals surface area contributed by atoms with Gasteiger partial charge in [-0.25, -0.2) is 28.8 Å². The van der Waals surface area contributed by atoms with Crippen molar-refractivity contribution in [3.8, 4) is 0 Å². The number of nitrogens with one attached hydrogen (secondary N) is 16. The number of ether oxygens (including phenoxy) is 6. The topological polar surface area (TPSA) is 819 Å². The molecule has 0 spiro atoms. The second-order valence-electron chi connectivity index (χ2n) is 33.2. The lowest BCUT2D eigenvalue weighted by atomic mass is 10.0. The van der Waals surface area contributed by atoms with Crippen molar-refractivity contribution in [1.29, 1.82) is 0 Å². The molecule has 774 valence electrons. The number of aliphatic carboxylic acids is 8. The van der Waals surface area contributed by atoms with Gasteiger partial charge in [0.15, 0.2) is 0 Å². The first-order valence-corrected chi connectivity index (χ1v) is 43.9. The number of carboxylic acid groups (broad SMARTS) is 8. The molecular weight excluding hydrogens is 1840 g/mol. The number of carbonyl (C=O) groups is 24. The minimum atomic E-state index is -1.79. The molecule has 1 rings (SSSR count). The van der Waals surface area contributed by atoms with Crippen LogP contribution in [0.15, 0.2) is 30.3 Å². The van der Waals surface area contributed by atoms with E-state index >= 15 is 0 Å². The van der Waals surface area contributed by atoms with E-state index in [1.807, 2.05) is 0 Å². The molecule has 0 aliphatic heterocycles. The van der Waals surface area contributed by atoms with Crippen molar-refractivity contribution in [2.45, 2.75) is 249 Å². The van der Waals surface area contributed by atoms with E-state index in [2.05, 4.69) is 85.1 Å². The van der Waals surface area contributed by atoms with Crippen molar-refractivity contribution in [2.75, 3.05) is 92.1 Å². The largest absolute Gasteiger partial charge is 0.481 e. The summed E-state index contributed by atoms with van der Waals surface area (Å²) in [5, 5.41) is 112. The van der Waals surface area contributed by atoms with Crippen LogP contribution >= 0.6 is 0 Å². The molecule has 0 fully saturated rings. The highest BCUT2D eigenvalue weighted by Gasteiger charge is 2.35. The van der Waals surface area contributed by atoms with Crippen LogP contribution in [0.25, 0.3) is 0 Å². The third-order valence-corrected chi connectivity index (χ3v) is 18.5. The summed E-state index contributed by atoms with van der Waals surface area (Å²) in [6.45, 7) is 7.32. The lowest BCUT2D eigenvalue weighted by Crippen LogP contribution is -2.56. The van der Waals surface area contributed by atoms with E-state index < -0.39 is 337 Å². The Kier molecular flexibility index (Phi) is 58.7. The molecular formula is C84H130N16O38. The van der Waals surface area contributed by atoms with Gasteiger partial charge in [0.25, 0.3) is 0 Å². The maximum Gasteiger partial charge on any atom is 0.408 e. The van der Waals surface area contributed by atoms with E-state index in [1.165, 1.54) is 0 Å². The number of urea groups is 1. The molecule has 0 bridgehead atoms. The third kappa shape index (κ3) is 60.3. The molecule has 10 atom stereocenters. The Balaban J connectivity index is 3.41. The zero-order valence-corrected chi connectivity index (χ0v) is 77.9. The predicted octanol–water partition coefficient (Wildman–Crippen LogP) is -4.99. The molecule has 0 radical (unpaired) electrons. The van der Waals surface area contributed by atoms with Gasteiger partial charge in [-0.05, 0) is 124 Å². The SMILES string of the molecule is CC(C)CC(NC(=O)C(Cc1ccccc1)NC(=O)CNC(=O)OC(C)(C)C)C(=O)NCC(=O)NCCCCC(NC(=O)NC(CCC(=O)NCCOCCOCC(=O)NC(CCC(=O)NC(CCC(=O)O)C(=O)O)C(=O)NC(CCC(=O)O)C(=O)O)C(=O)NCC(=O)OC(C)(C)C)C(=O)NCCOCCOCC(=O)NC(CCC(=O)NC(CCC(=O)O)C(=O)O)C(=O)NC(CCC(=O)O)C(=O)O. The summed E-state index contributed by atoms with van der Waals surface area (Å²) >= 11 is 0. The lowest BCUT2D eigenvalue weighted by Gasteiger charge is -2.24. The van der Waals surface area contributed by atoms with Crippen LogP contribution in [0.2, 0.25) is 0 Å². The van der Waals surface area contributed by atoms with Crippen LogP contribution in [-0.2, 0) is 140 Å². The number of hydrogen-bond donors (Lipinski definition) is 24. The highest BCUT2D eigenvalue weighted by molar-refractivity contribution is 5.97. The first-order chi connectivity index (χ1) is 64.7. The van der Waals surface area contributed by atoms with Gasteiger partial charge in [0.1, 0.15) is 97.9 Å². The summed E-state index contributed by atoms with van der Waals surface area (Å²) in [5.74, 6) is -25.2. The Morgan fingerprint density at radius 1 is 0.297 bits per heavy atom. The molecule has 0 heterocycles. The predicted molar refractivity (Wildman–Crippen MR) is 472 cm³/mol. The molecule has 138 heavy (non-hydrogen) atoms. The van der Waals surface area contributed by atoms with E-state index in [1.54, 1.807) is 85.7 Å². The van der Waals surface area contributed by atoms with Gasteiger partial charge in [0, 0.05) is 71.0 Å². The fourth-order valence-electron chi connectivity index (χ4n) is 11.9. The summed E-state index contributed by atoms with van der Waals surface area (Å²) < 4.78 is 32.1. The van der Waals surface area contributed by atoms with Gasteiger partial charge >= 0.3 is 65.8 Å². The van der Waals surface area contributed by atoms with E-state index in [0.29, 0.717) is 5.56 Å². The average molecular weight is 1970 g/mol. The molecule has 0 aliphatic rings. The van der Waals surface area contributed by atoms with Crippen molar-refractivity contribution in [1.82, 2.24) is 85.1 Å². The zero-order chi connectivity index (χ0) is 104. The molecule has 1 aromatic rings. The molecule has 10 unspecified atom stereocenters. The monoisotopic (exact) mass is 1970 g/mol. The van der Waals surface area contributed by atoms with Gasteiger partial charge in [0.2, 0.25) is 76.8 Å². The number of carbonyl (C=O) groups excluding carboxylic acids is 16. The van der Waals surface area contributed by atoms with Gasteiger partial charge in [0.05, 0.1) is 46.2 Å². The van der Waals surface area contributed by atoms with Gasteiger partial charge in [-0.15, -0.1) is 0 Å². The third-order valence-electron chi connectivity index (χ3n) is 18.5. The molecule has 54 nitrogen and oxygen atoms in total. The number of esters is 1. The van der Waals surface area contributed by atoms with Gasteiger partial charge in [-0.2, -0.15) is 0 Å². The number of benzene rings is 1. The molecule has 0 aliphatic carbocycles. The highest BCUT2D eigenvalue weighted by atomic mass is 16.6. The zero-order valence-electron chi connectivity index (χ0n) is 77.9. The minimum Gasteiger partial charge on any atom is -0.481 e. The van der Waals surface area contributed by atoms with Crippen molar-refractivity contribution in [3.05, 3.63) is 35.9 Å². The lowest BCUT2D eigenvalue weighted by molar-refractivity contribution is -0.155. The van der Waals surface area contributed by atoms with E-state index in [9.17, 15) is 135 Å². The van der Waals surface area contributed by atoms with Crippen LogP contribution in [0.1, 0.15) is 177 Å². The molecule has 0 saturated carbocycles. The Morgan fingerprint density at radius 3 is 1.08 bits per heavy atom. The fourth-order valence-corrected chi connectivity index (χ4v) is 11.9. The maximum atomic E-state index is 14.0. The minimum absolute atomic E-state index is 0.0352. The van der Waals surface area contributed by atoms with Gasteiger partial charge < -0.3 is 154 Å². The van der Waals surface area contributed by atoms with E-state index in [0.717, 1.165) is 0 Å². The Hall–Kier alpha value is -14.1. The average Bonchev–Trinajstić information content (AvgIpc) is 0.857. The summed E-state index contributed by atoms with van der Waals surface area (Å²) in [7, 11) is 0. The summed E-state index contributed by atoms with van der Waals surface area (Å²) in [6.07, 6.45) is -9.37. The van der Waals surface area contributed by atoms with Gasteiger partial charge in [-0.1, -0.05) is 44.2 Å². The van der Waals surface area contributed by atoms with Crippen LogP contribution in [-0.4, -0.2) is 347 Å². The quantitative estimate of drug-likeness (QED) is 0.0214. The Bertz CT molecular complexity index is 4260. The number of hydrogen-bond acceptors (Lipinski definition) is 30. The first-order valence-electron chi connectivity index (χ1n) is 43.9. The molecule has 54 heteroatoms. The Morgan fingerprint density at radius 2 is 0.645 bits per heavy atom. The van der Waals surface area contributed by atoms with E-state index in [-0.39, 0.29) is 97.3 Å². The fraction of sp³-hybridized carbons (Fsp3) is 0.643. The molecule has 1 aromatic carbocycles. The van der Waals surface area contributed by atoms with Crippen molar-refractivity contribution in [2.24, 2.45) is 5.92 Å². The van der Waals surface area contributed by atoms with Crippen molar-refractivity contribution in [3.63, 3.8) is 0 Å². The van der Waals surface area contributed by atoms with Gasteiger partial charge in [-0.3, -0.25) is 86.3 Å².